The Balaban J connectivity index is 1.85. The molecule has 0 saturated heterocycles. The lowest BCUT2D eigenvalue weighted by atomic mass is 9.93. The Bertz CT molecular complexity index is 916. The topological polar surface area (TPSA) is 109 Å². The quantitative estimate of drug-likeness (QED) is 0.0553. The van der Waals surface area contributed by atoms with Gasteiger partial charge in [0.15, 0.2) is 5.82 Å². The minimum absolute atomic E-state index is 0.162. The fourth-order valence-electron chi connectivity index (χ4n) is 4.48. The number of urea groups is 1. The maximum absolute atomic E-state index is 12.7. The summed E-state index contributed by atoms with van der Waals surface area (Å²) < 4.78 is 9.17. The highest BCUT2D eigenvalue weighted by molar-refractivity contribution is 7.93. The van der Waals surface area contributed by atoms with Crippen LogP contribution in [0.25, 0.3) is 11.4 Å². The second kappa shape index (κ2) is 19.1. The van der Waals surface area contributed by atoms with E-state index in [4.69, 9.17) is 9.32 Å². The molecule has 9 nitrogen and oxygen atoms in total. The number of hydrogen-bond acceptors (Lipinski definition) is 9. The number of carbonyl (C=O) groups excluding carboxylic acids is 1. The first-order valence-electron chi connectivity index (χ1n) is 13.8. The van der Waals surface area contributed by atoms with E-state index in [0.717, 1.165) is 49.2 Å². The molecule has 0 bridgehead atoms. The van der Waals surface area contributed by atoms with Gasteiger partial charge in [-0.05, 0) is 43.2 Å². The highest BCUT2D eigenvalue weighted by atomic mass is 32.2. The van der Waals surface area contributed by atoms with Crippen molar-refractivity contribution in [3.8, 4) is 11.4 Å². The number of nitrogens with zero attached hydrogens (tertiary/aromatic N) is 2. The Hall–Kier alpha value is -2.08. The molecule has 0 aliphatic heterocycles. The molecule has 0 radical (unpaired) electrons. The number of unbranched alkanes of at least 4 members (excludes halogenated alkanes) is 1. The molecule has 3 atom stereocenters. The van der Waals surface area contributed by atoms with Crippen LogP contribution in [0.3, 0.4) is 0 Å². The van der Waals surface area contributed by atoms with Gasteiger partial charge in [-0.15, -0.1) is 9.32 Å². The third-order valence-corrected chi connectivity index (χ3v) is 7.33. The Morgan fingerprint density at radius 3 is 2.50 bits per heavy atom. The molecule has 0 fully saturated rings. The maximum Gasteiger partial charge on any atom is 0.333 e. The molecule has 1 aromatic heterocycles. The van der Waals surface area contributed by atoms with Crippen LogP contribution in [0.15, 0.2) is 24.3 Å². The van der Waals surface area contributed by atoms with Gasteiger partial charge in [-0.1, -0.05) is 84.8 Å². The molecular formula is C27H46N6O3S2. The molecular weight excluding hydrogens is 520 g/mol. The van der Waals surface area contributed by atoms with E-state index in [1.165, 1.54) is 50.1 Å². The van der Waals surface area contributed by atoms with Gasteiger partial charge in [-0.25, -0.2) is 15.7 Å². The summed E-state index contributed by atoms with van der Waals surface area (Å²) in [5, 5.41) is 3.68. The molecule has 0 aliphatic rings. The summed E-state index contributed by atoms with van der Waals surface area (Å²) in [6.45, 7) is 9.12. The van der Waals surface area contributed by atoms with E-state index in [0.29, 0.717) is 22.6 Å². The first-order chi connectivity index (χ1) is 18.4. The first-order valence-corrected chi connectivity index (χ1v) is 15.8. The lowest BCUT2D eigenvalue weighted by Crippen LogP contribution is -2.44. The van der Waals surface area contributed by atoms with Crippen molar-refractivity contribution in [1.29, 1.82) is 0 Å². The van der Waals surface area contributed by atoms with E-state index in [2.05, 4.69) is 58.7 Å². The number of hydrazine groups is 1. The summed E-state index contributed by atoms with van der Waals surface area (Å²) in [5.41, 5.74) is 9.85. The van der Waals surface area contributed by atoms with Gasteiger partial charge in [0.2, 0.25) is 5.13 Å². The van der Waals surface area contributed by atoms with E-state index < -0.39 is 0 Å². The van der Waals surface area contributed by atoms with Crippen LogP contribution < -0.4 is 21.6 Å². The highest BCUT2D eigenvalue weighted by Crippen LogP contribution is 2.24. The number of rotatable bonds is 20. The largest absolute Gasteiger partial charge is 0.334 e. The van der Waals surface area contributed by atoms with Gasteiger partial charge in [0, 0.05) is 41.4 Å². The predicted octanol–water partition coefficient (Wildman–Crippen LogP) is 7.97. The Labute approximate surface area is 236 Å². The van der Waals surface area contributed by atoms with Crippen molar-refractivity contribution in [3.63, 3.8) is 0 Å². The number of nitrogens with one attached hydrogen (secondary N) is 4. The molecule has 0 aliphatic carbocycles. The monoisotopic (exact) mass is 566 g/mol. The van der Waals surface area contributed by atoms with E-state index >= 15 is 0 Å². The molecule has 1 aromatic carbocycles. The summed E-state index contributed by atoms with van der Waals surface area (Å²) in [6.07, 6.45) is 13.5. The molecule has 214 valence electrons. The third kappa shape index (κ3) is 13.1. The van der Waals surface area contributed by atoms with Crippen LogP contribution in [0.1, 0.15) is 91.9 Å². The third-order valence-electron chi connectivity index (χ3n) is 6.50. The van der Waals surface area contributed by atoms with Gasteiger partial charge in [0.1, 0.15) is 0 Å². The summed E-state index contributed by atoms with van der Waals surface area (Å²) in [6, 6.07) is 7.38. The SMILES string of the molecule is CCCC(C)CCCCC(CCC(C)CCC)NC(=O)NNc1nc(-c2cccc(NOOSC)c2)ns1. The lowest BCUT2D eigenvalue weighted by molar-refractivity contribution is -0.160. The number of hydrogen-bond donors (Lipinski definition) is 4. The van der Waals surface area contributed by atoms with E-state index in [1.54, 1.807) is 6.26 Å². The number of anilines is 2. The molecule has 38 heavy (non-hydrogen) atoms. The number of benzene rings is 1. The minimum Gasteiger partial charge on any atom is -0.334 e. The normalized spacial score (nSPS) is 13.5. The fourth-order valence-corrected chi connectivity index (χ4v) is 5.12. The summed E-state index contributed by atoms with van der Waals surface area (Å²) in [4.78, 5) is 22.1. The fraction of sp³-hybridized carbons (Fsp3) is 0.667. The van der Waals surface area contributed by atoms with Crippen molar-refractivity contribution in [2.24, 2.45) is 11.8 Å². The molecule has 3 unspecified atom stereocenters. The van der Waals surface area contributed by atoms with Gasteiger partial charge in [0.25, 0.3) is 0 Å². The molecule has 2 aromatic rings. The van der Waals surface area contributed by atoms with Crippen molar-refractivity contribution < 1.29 is 14.1 Å². The maximum atomic E-state index is 12.7. The molecule has 2 amide bonds. The minimum atomic E-state index is -0.244. The first kappa shape index (κ1) is 32.1. The molecule has 11 heteroatoms. The van der Waals surface area contributed by atoms with Crippen molar-refractivity contribution in [3.05, 3.63) is 24.3 Å². The van der Waals surface area contributed by atoms with Gasteiger partial charge in [-0.2, -0.15) is 9.36 Å². The van der Waals surface area contributed by atoms with Crippen LogP contribution >= 0.6 is 23.6 Å². The molecule has 4 N–H and O–H groups in total. The average molecular weight is 567 g/mol. The summed E-state index contributed by atoms with van der Waals surface area (Å²) in [7, 11) is 0. The van der Waals surface area contributed by atoms with Gasteiger partial charge < -0.3 is 5.32 Å². The standard InChI is InChI=1S/C27H46N6O3S2/c1-6-11-20(3)13-8-9-15-23(18-17-21(4)12-7-2)28-26(34)30-31-27-29-25(33-38-27)22-14-10-16-24(19-22)32-35-36-37-5/h10,14,16,19-21,23,32H,6-9,11-13,15,17-18H2,1-5H3,(H2,28,30,34)(H,29,31,33). The van der Waals surface area contributed by atoms with Crippen molar-refractivity contribution in [2.45, 2.75) is 97.9 Å². The number of amides is 2. The van der Waals surface area contributed by atoms with Crippen LogP contribution in [-0.4, -0.2) is 27.7 Å². The zero-order valence-electron chi connectivity index (χ0n) is 23.5. The lowest BCUT2D eigenvalue weighted by Gasteiger charge is -2.21. The van der Waals surface area contributed by atoms with Crippen LogP contribution in [0.2, 0.25) is 0 Å². The predicted molar refractivity (Wildman–Crippen MR) is 160 cm³/mol. The number of carbonyl (C=O) groups is 1. The zero-order chi connectivity index (χ0) is 27.6. The van der Waals surface area contributed by atoms with Crippen LogP contribution in [-0.2, 0) is 9.32 Å². The second-order valence-corrected chi connectivity index (χ2v) is 11.2. The molecule has 2 rings (SSSR count). The van der Waals surface area contributed by atoms with Crippen LogP contribution in [0.5, 0.6) is 0 Å². The highest BCUT2D eigenvalue weighted by Gasteiger charge is 2.15. The van der Waals surface area contributed by atoms with Gasteiger partial charge in [-0.3, -0.25) is 5.43 Å². The smallest absolute Gasteiger partial charge is 0.333 e. The van der Waals surface area contributed by atoms with E-state index in [-0.39, 0.29) is 12.1 Å². The van der Waals surface area contributed by atoms with Crippen molar-refractivity contribution in [2.75, 3.05) is 17.2 Å². The summed E-state index contributed by atoms with van der Waals surface area (Å²) in [5.74, 6) is 2.00. The van der Waals surface area contributed by atoms with Crippen molar-refractivity contribution in [1.82, 2.24) is 20.1 Å². The Morgan fingerprint density at radius 1 is 1.03 bits per heavy atom. The molecule has 0 spiro atoms. The number of aromatic nitrogens is 2. The van der Waals surface area contributed by atoms with Gasteiger partial charge in [0.05, 0.1) is 5.69 Å². The van der Waals surface area contributed by atoms with Crippen LogP contribution in [0, 0.1) is 11.8 Å². The average Bonchev–Trinajstić information content (AvgIpc) is 3.38. The Morgan fingerprint density at radius 2 is 1.76 bits per heavy atom. The van der Waals surface area contributed by atoms with E-state index in [9.17, 15) is 4.79 Å². The van der Waals surface area contributed by atoms with Crippen LogP contribution in [0.4, 0.5) is 15.6 Å². The molecule has 0 saturated carbocycles. The van der Waals surface area contributed by atoms with Gasteiger partial charge >= 0.3 is 6.03 Å². The zero-order valence-corrected chi connectivity index (χ0v) is 25.2. The molecule has 1 heterocycles. The second-order valence-electron chi connectivity index (χ2n) is 9.99. The Kier molecular flexibility index (Phi) is 16.1. The van der Waals surface area contributed by atoms with Crippen molar-refractivity contribution >= 4 is 40.4 Å². The summed E-state index contributed by atoms with van der Waals surface area (Å²) >= 11 is 2.27. The van der Waals surface area contributed by atoms with E-state index in [1.807, 2.05) is 24.3 Å².